The molecule has 0 aromatic carbocycles. The number of nitrogens with one attached hydrogen (secondary N) is 1. The van der Waals surface area contributed by atoms with Crippen molar-refractivity contribution < 1.29 is 5.11 Å². The van der Waals surface area contributed by atoms with E-state index in [1.807, 2.05) is 0 Å². The fourth-order valence-electron chi connectivity index (χ4n) is 0.412. The molecule has 1 rings (SSSR count). The molecule has 0 fully saturated rings. The molecule has 0 bridgehead atoms. The van der Waals surface area contributed by atoms with Gasteiger partial charge < -0.3 is 5.11 Å². The second-order valence-electron chi connectivity index (χ2n) is 1.57. The standard InChI is InChI=1S/C4H7N3O/c1-3(8)4-2-5-7-6-4/h2-3,8H,1H3,(H,5,6,7)/t3-/m1/s1. The Morgan fingerprint density at radius 1 is 1.88 bits per heavy atom. The fraction of sp³-hybridized carbons (Fsp3) is 0.500. The predicted molar refractivity (Wildman–Crippen MR) is 27.0 cm³/mol. The van der Waals surface area contributed by atoms with E-state index in [1.54, 1.807) is 6.92 Å². The first kappa shape index (κ1) is 5.24. The number of aromatic nitrogens is 3. The highest BCUT2D eigenvalue weighted by Crippen LogP contribution is 2.02. The van der Waals surface area contributed by atoms with E-state index in [1.165, 1.54) is 6.20 Å². The highest BCUT2D eigenvalue weighted by Gasteiger charge is 2.00. The first-order valence-corrected chi connectivity index (χ1v) is 2.34. The zero-order valence-electron chi connectivity index (χ0n) is 4.50. The average molecular weight is 113 g/mol. The van der Waals surface area contributed by atoms with Gasteiger partial charge in [-0.05, 0) is 6.92 Å². The van der Waals surface area contributed by atoms with Crippen LogP contribution in [0.5, 0.6) is 0 Å². The van der Waals surface area contributed by atoms with Gasteiger partial charge in [0.25, 0.3) is 0 Å². The number of aliphatic hydroxyl groups excluding tert-OH is 1. The summed E-state index contributed by atoms with van der Waals surface area (Å²) < 4.78 is 0. The molecule has 0 unspecified atom stereocenters. The number of H-pyrrole nitrogens is 1. The van der Waals surface area contributed by atoms with Gasteiger partial charge in [-0.25, -0.2) is 0 Å². The third-order valence-electron chi connectivity index (χ3n) is 0.862. The Morgan fingerprint density at radius 3 is 2.88 bits per heavy atom. The molecule has 1 heterocycles. The van der Waals surface area contributed by atoms with E-state index < -0.39 is 6.10 Å². The molecule has 0 saturated heterocycles. The van der Waals surface area contributed by atoms with Crippen LogP contribution >= 0.6 is 0 Å². The lowest BCUT2D eigenvalue weighted by molar-refractivity contribution is 0.194. The second-order valence-corrected chi connectivity index (χ2v) is 1.57. The summed E-state index contributed by atoms with van der Waals surface area (Å²) in [7, 11) is 0. The molecule has 1 aromatic heterocycles. The minimum absolute atomic E-state index is 0.520. The Balaban J connectivity index is 2.77. The molecule has 0 aliphatic rings. The Kier molecular flexibility index (Phi) is 1.26. The second kappa shape index (κ2) is 1.92. The fourth-order valence-corrected chi connectivity index (χ4v) is 0.412. The number of hydrogen-bond acceptors (Lipinski definition) is 3. The topological polar surface area (TPSA) is 61.8 Å². The molecule has 0 radical (unpaired) electrons. The van der Waals surface area contributed by atoms with Crippen LogP contribution in [0.1, 0.15) is 18.7 Å². The molecular weight excluding hydrogens is 106 g/mol. The van der Waals surface area contributed by atoms with Crippen LogP contribution < -0.4 is 0 Å². The zero-order chi connectivity index (χ0) is 5.98. The lowest BCUT2D eigenvalue weighted by Gasteiger charge is -1.92. The van der Waals surface area contributed by atoms with Gasteiger partial charge in [-0.1, -0.05) is 0 Å². The summed E-state index contributed by atoms with van der Waals surface area (Å²) in [6.45, 7) is 1.64. The van der Waals surface area contributed by atoms with Crippen molar-refractivity contribution in [2.45, 2.75) is 13.0 Å². The largest absolute Gasteiger partial charge is 0.387 e. The van der Waals surface area contributed by atoms with Gasteiger partial charge in [0.2, 0.25) is 0 Å². The molecule has 0 aliphatic heterocycles. The minimum Gasteiger partial charge on any atom is -0.387 e. The van der Waals surface area contributed by atoms with Crippen molar-refractivity contribution in [2.24, 2.45) is 0 Å². The number of rotatable bonds is 1. The van der Waals surface area contributed by atoms with Crippen molar-refractivity contribution in [3.8, 4) is 0 Å². The molecule has 4 heteroatoms. The lowest BCUT2D eigenvalue weighted by Crippen LogP contribution is -1.89. The third kappa shape index (κ3) is 0.840. The molecular formula is C4H7N3O. The van der Waals surface area contributed by atoms with Gasteiger partial charge in [-0.3, -0.25) is 0 Å². The summed E-state index contributed by atoms with van der Waals surface area (Å²) in [4.78, 5) is 0. The Morgan fingerprint density at radius 2 is 2.62 bits per heavy atom. The molecule has 8 heavy (non-hydrogen) atoms. The third-order valence-corrected chi connectivity index (χ3v) is 0.862. The van der Waals surface area contributed by atoms with Crippen LogP contribution in [0.25, 0.3) is 0 Å². The van der Waals surface area contributed by atoms with Crippen LogP contribution in [0.4, 0.5) is 0 Å². The Hall–Kier alpha value is -0.900. The normalized spacial score (nSPS) is 13.8. The minimum atomic E-state index is -0.520. The molecule has 4 nitrogen and oxygen atoms in total. The summed E-state index contributed by atoms with van der Waals surface area (Å²) in [6.07, 6.45) is 0.971. The SMILES string of the molecule is C[C@@H](O)c1cn[nH]n1. The van der Waals surface area contributed by atoms with E-state index in [0.717, 1.165) is 0 Å². The molecule has 2 N–H and O–H groups in total. The van der Waals surface area contributed by atoms with E-state index in [0.29, 0.717) is 5.69 Å². The number of nitrogens with zero attached hydrogens (tertiary/aromatic N) is 2. The predicted octanol–water partition coefficient (Wildman–Crippen LogP) is -0.142. The van der Waals surface area contributed by atoms with E-state index in [9.17, 15) is 0 Å². The Bertz CT molecular complexity index is 146. The van der Waals surface area contributed by atoms with Crippen LogP contribution in [-0.2, 0) is 0 Å². The Labute approximate surface area is 46.5 Å². The molecule has 0 spiro atoms. The van der Waals surface area contributed by atoms with Gasteiger partial charge in [-0.2, -0.15) is 15.4 Å². The van der Waals surface area contributed by atoms with Crippen molar-refractivity contribution >= 4 is 0 Å². The lowest BCUT2D eigenvalue weighted by atomic mass is 10.3. The summed E-state index contributed by atoms with van der Waals surface area (Å²) in [5, 5.41) is 18.3. The van der Waals surface area contributed by atoms with Crippen molar-refractivity contribution in [3.05, 3.63) is 11.9 Å². The summed E-state index contributed by atoms with van der Waals surface area (Å²) in [5.74, 6) is 0. The maximum atomic E-state index is 8.79. The van der Waals surface area contributed by atoms with E-state index >= 15 is 0 Å². The van der Waals surface area contributed by atoms with Gasteiger partial charge in [0.15, 0.2) is 0 Å². The van der Waals surface area contributed by atoms with Gasteiger partial charge >= 0.3 is 0 Å². The number of aromatic amines is 1. The number of aliphatic hydroxyl groups is 1. The molecule has 0 saturated carbocycles. The van der Waals surface area contributed by atoms with Crippen molar-refractivity contribution in [2.75, 3.05) is 0 Å². The van der Waals surface area contributed by atoms with E-state index in [4.69, 9.17) is 5.11 Å². The maximum Gasteiger partial charge on any atom is 0.111 e. The first-order chi connectivity index (χ1) is 3.80. The van der Waals surface area contributed by atoms with Crippen LogP contribution in [0.3, 0.4) is 0 Å². The van der Waals surface area contributed by atoms with Gasteiger partial charge in [0.05, 0.1) is 12.3 Å². The van der Waals surface area contributed by atoms with Crippen LogP contribution in [0.15, 0.2) is 6.20 Å². The van der Waals surface area contributed by atoms with Gasteiger partial charge in [0.1, 0.15) is 5.69 Å². The van der Waals surface area contributed by atoms with Gasteiger partial charge in [-0.15, -0.1) is 0 Å². The number of hydrogen-bond donors (Lipinski definition) is 2. The zero-order valence-corrected chi connectivity index (χ0v) is 4.50. The maximum absolute atomic E-state index is 8.79. The van der Waals surface area contributed by atoms with E-state index in [2.05, 4.69) is 15.4 Å². The van der Waals surface area contributed by atoms with E-state index in [-0.39, 0.29) is 0 Å². The summed E-state index contributed by atoms with van der Waals surface area (Å²) in [5.41, 5.74) is 0.574. The summed E-state index contributed by atoms with van der Waals surface area (Å²) >= 11 is 0. The quantitative estimate of drug-likeness (QED) is 0.532. The van der Waals surface area contributed by atoms with Crippen LogP contribution in [-0.4, -0.2) is 20.5 Å². The van der Waals surface area contributed by atoms with Gasteiger partial charge in [0, 0.05) is 0 Å². The van der Waals surface area contributed by atoms with Crippen molar-refractivity contribution in [1.29, 1.82) is 0 Å². The highest BCUT2D eigenvalue weighted by atomic mass is 16.3. The monoisotopic (exact) mass is 113 g/mol. The molecule has 44 valence electrons. The smallest absolute Gasteiger partial charge is 0.111 e. The van der Waals surface area contributed by atoms with Crippen molar-refractivity contribution in [3.63, 3.8) is 0 Å². The molecule has 0 amide bonds. The average Bonchev–Trinajstić information content (AvgIpc) is 2.12. The molecule has 0 aliphatic carbocycles. The summed E-state index contributed by atoms with van der Waals surface area (Å²) in [6, 6.07) is 0. The molecule has 1 atom stereocenters. The van der Waals surface area contributed by atoms with Crippen LogP contribution in [0, 0.1) is 0 Å². The first-order valence-electron chi connectivity index (χ1n) is 2.34. The highest BCUT2D eigenvalue weighted by molar-refractivity contribution is 4.92. The van der Waals surface area contributed by atoms with Crippen LogP contribution in [0.2, 0.25) is 0 Å². The van der Waals surface area contributed by atoms with Crippen molar-refractivity contribution in [1.82, 2.24) is 15.4 Å². The molecule has 1 aromatic rings.